The molecule has 2 aromatic carbocycles. The summed E-state index contributed by atoms with van der Waals surface area (Å²) < 4.78 is 10.6. The highest BCUT2D eigenvalue weighted by molar-refractivity contribution is 8.15. The zero-order valence-electron chi connectivity index (χ0n) is 17.1. The second kappa shape index (κ2) is 10.6. The second-order valence-electron chi connectivity index (χ2n) is 6.71. The summed E-state index contributed by atoms with van der Waals surface area (Å²) in [6, 6.07) is 14.3. The van der Waals surface area contributed by atoms with E-state index in [9.17, 15) is 14.4 Å². The van der Waals surface area contributed by atoms with Gasteiger partial charge in [0, 0.05) is 6.92 Å². The number of amides is 2. The molecule has 0 spiro atoms. The van der Waals surface area contributed by atoms with Crippen LogP contribution in [0.25, 0.3) is 0 Å². The first-order valence-electron chi connectivity index (χ1n) is 9.59. The van der Waals surface area contributed by atoms with Crippen molar-refractivity contribution in [1.29, 1.82) is 0 Å². The molecular weight excluding hydrogens is 420 g/mol. The smallest absolute Gasteiger partial charge is 0.308 e. The van der Waals surface area contributed by atoms with E-state index in [-0.39, 0.29) is 29.0 Å². The number of nitrogens with zero attached hydrogens (tertiary/aromatic N) is 1. The molecule has 1 unspecified atom stereocenters. The van der Waals surface area contributed by atoms with Crippen molar-refractivity contribution < 1.29 is 28.7 Å². The lowest BCUT2D eigenvalue weighted by Gasteiger charge is -2.08. The molecule has 9 heteroatoms. The summed E-state index contributed by atoms with van der Waals surface area (Å²) in [5, 5.41) is 5.66. The van der Waals surface area contributed by atoms with Gasteiger partial charge in [-0.05, 0) is 60.9 Å². The van der Waals surface area contributed by atoms with Gasteiger partial charge in [0.1, 0.15) is 18.1 Å². The summed E-state index contributed by atoms with van der Waals surface area (Å²) in [5.41, 5.74) is 2.49. The van der Waals surface area contributed by atoms with Gasteiger partial charge in [0.05, 0.1) is 11.0 Å². The largest absolute Gasteiger partial charge is 0.490 e. The number of oxime groups is 1. The van der Waals surface area contributed by atoms with Gasteiger partial charge in [0.2, 0.25) is 5.91 Å². The molecule has 1 N–H and O–H groups in total. The lowest BCUT2D eigenvalue weighted by Crippen LogP contribution is -2.25. The number of carbonyl (C=O) groups is 3. The molecule has 0 aliphatic carbocycles. The average molecular weight is 442 g/mol. The first-order valence-corrected chi connectivity index (χ1v) is 10.5. The van der Waals surface area contributed by atoms with Gasteiger partial charge in [-0.25, -0.2) is 0 Å². The zero-order valence-corrected chi connectivity index (χ0v) is 17.9. The Morgan fingerprint density at radius 2 is 1.68 bits per heavy atom. The van der Waals surface area contributed by atoms with Gasteiger partial charge in [-0.15, -0.1) is 0 Å². The van der Waals surface area contributed by atoms with Gasteiger partial charge in [0.15, 0.2) is 6.61 Å². The lowest BCUT2D eigenvalue weighted by molar-refractivity contribution is -0.131. The highest BCUT2D eigenvalue weighted by Crippen LogP contribution is 2.23. The van der Waals surface area contributed by atoms with E-state index in [0.29, 0.717) is 30.2 Å². The van der Waals surface area contributed by atoms with Gasteiger partial charge >= 0.3 is 5.97 Å². The number of benzene rings is 2. The molecule has 1 aliphatic heterocycles. The molecule has 2 aromatic rings. The fourth-order valence-corrected chi connectivity index (χ4v) is 3.65. The Morgan fingerprint density at radius 1 is 1.00 bits per heavy atom. The van der Waals surface area contributed by atoms with Crippen LogP contribution in [0.1, 0.15) is 25.0 Å². The van der Waals surface area contributed by atoms with E-state index in [1.165, 1.54) is 6.92 Å². The van der Waals surface area contributed by atoms with Crippen LogP contribution in [0.4, 0.5) is 4.79 Å². The fraction of sp³-hybridized carbons (Fsp3) is 0.273. The average Bonchev–Trinajstić information content (AvgIpc) is 3.05. The number of hydrogen-bond donors (Lipinski definition) is 1. The van der Waals surface area contributed by atoms with E-state index in [1.54, 1.807) is 24.3 Å². The predicted molar refractivity (Wildman–Crippen MR) is 116 cm³/mol. The van der Waals surface area contributed by atoms with Crippen molar-refractivity contribution in [3.05, 3.63) is 59.7 Å². The molecule has 8 nitrogen and oxygen atoms in total. The molecule has 0 aromatic heterocycles. The number of carbonyl (C=O) groups excluding carboxylic acids is 3. The predicted octanol–water partition coefficient (Wildman–Crippen LogP) is 3.33. The van der Waals surface area contributed by atoms with Crippen LogP contribution in [0.2, 0.25) is 0 Å². The van der Waals surface area contributed by atoms with Crippen LogP contribution in [0.3, 0.4) is 0 Å². The van der Waals surface area contributed by atoms with Crippen molar-refractivity contribution in [2.45, 2.75) is 25.5 Å². The Morgan fingerprint density at radius 3 is 2.29 bits per heavy atom. The molecular formula is C22H22N2O6S. The van der Waals surface area contributed by atoms with Crippen molar-refractivity contribution in [3.63, 3.8) is 0 Å². The molecule has 1 fully saturated rings. The summed E-state index contributed by atoms with van der Waals surface area (Å²) >= 11 is 1.02. The SMILES string of the molecule is CC(=O)Oc1ccc(C(C)=NOCCOc2ccc(CC3SC(=O)NC3=O)cc2)cc1. The fourth-order valence-electron chi connectivity index (χ4n) is 2.79. The topological polar surface area (TPSA) is 103 Å². The highest BCUT2D eigenvalue weighted by atomic mass is 32.2. The molecule has 3 rings (SSSR count). The first-order chi connectivity index (χ1) is 14.9. The maximum absolute atomic E-state index is 11.6. The summed E-state index contributed by atoms with van der Waals surface area (Å²) in [7, 11) is 0. The Balaban J connectivity index is 1.39. The number of nitrogens with one attached hydrogen (secondary N) is 1. The maximum Gasteiger partial charge on any atom is 0.308 e. The van der Waals surface area contributed by atoms with Crippen molar-refractivity contribution in [2.24, 2.45) is 5.16 Å². The van der Waals surface area contributed by atoms with E-state index in [0.717, 1.165) is 22.9 Å². The maximum atomic E-state index is 11.6. The number of hydrogen-bond acceptors (Lipinski definition) is 8. The molecule has 1 atom stereocenters. The van der Waals surface area contributed by atoms with E-state index in [1.807, 2.05) is 31.2 Å². The number of ether oxygens (including phenoxy) is 2. The Kier molecular flexibility index (Phi) is 7.66. The van der Waals surface area contributed by atoms with Crippen LogP contribution in [-0.4, -0.2) is 41.3 Å². The van der Waals surface area contributed by atoms with Crippen LogP contribution in [-0.2, 0) is 20.8 Å². The van der Waals surface area contributed by atoms with Crippen molar-refractivity contribution >= 4 is 34.6 Å². The van der Waals surface area contributed by atoms with Gasteiger partial charge in [-0.2, -0.15) is 0 Å². The number of esters is 1. The third kappa shape index (κ3) is 6.85. The summed E-state index contributed by atoms with van der Waals surface area (Å²) in [6.07, 6.45) is 0.488. The minimum Gasteiger partial charge on any atom is -0.490 e. The molecule has 1 aliphatic rings. The quantitative estimate of drug-likeness (QED) is 0.209. The summed E-state index contributed by atoms with van der Waals surface area (Å²) in [6.45, 7) is 3.75. The molecule has 0 radical (unpaired) electrons. The lowest BCUT2D eigenvalue weighted by atomic mass is 10.1. The highest BCUT2D eigenvalue weighted by Gasteiger charge is 2.31. The van der Waals surface area contributed by atoms with E-state index in [4.69, 9.17) is 14.3 Å². The summed E-state index contributed by atoms with van der Waals surface area (Å²) in [5.74, 6) is 0.535. The Labute approximate surface area is 183 Å². The van der Waals surface area contributed by atoms with Crippen LogP contribution in [0.5, 0.6) is 11.5 Å². The molecule has 1 saturated heterocycles. The molecule has 0 bridgehead atoms. The minimum absolute atomic E-state index is 0.247. The van der Waals surface area contributed by atoms with Crippen molar-refractivity contribution in [2.75, 3.05) is 13.2 Å². The third-order valence-electron chi connectivity index (χ3n) is 4.29. The number of rotatable bonds is 9. The molecule has 1 heterocycles. The Hall–Kier alpha value is -3.33. The van der Waals surface area contributed by atoms with Crippen molar-refractivity contribution in [1.82, 2.24) is 5.32 Å². The summed E-state index contributed by atoms with van der Waals surface area (Å²) in [4.78, 5) is 39.1. The van der Waals surface area contributed by atoms with Gasteiger partial charge in [-0.1, -0.05) is 29.1 Å². The van der Waals surface area contributed by atoms with Crippen LogP contribution < -0.4 is 14.8 Å². The van der Waals surface area contributed by atoms with Gasteiger partial charge < -0.3 is 14.3 Å². The molecule has 2 amide bonds. The molecule has 31 heavy (non-hydrogen) atoms. The van der Waals surface area contributed by atoms with Gasteiger partial charge in [-0.3, -0.25) is 19.7 Å². The first kappa shape index (κ1) is 22.4. The number of thioether (sulfide) groups is 1. The van der Waals surface area contributed by atoms with E-state index in [2.05, 4.69) is 10.5 Å². The van der Waals surface area contributed by atoms with E-state index < -0.39 is 0 Å². The molecule has 162 valence electrons. The second-order valence-corrected chi connectivity index (χ2v) is 7.88. The Bertz CT molecular complexity index is 973. The molecule has 0 saturated carbocycles. The van der Waals surface area contributed by atoms with Crippen LogP contribution in [0, 0.1) is 0 Å². The zero-order chi connectivity index (χ0) is 22.2. The van der Waals surface area contributed by atoms with E-state index >= 15 is 0 Å². The van der Waals surface area contributed by atoms with Crippen LogP contribution in [0.15, 0.2) is 53.7 Å². The monoisotopic (exact) mass is 442 g/mol. The third-order valence-corrected chi connectivity index (χ3v) is 5.27. The van der Waals surface area contributed by atoms with Crippen LogP contribution >= 0.6 is 11.8 Å². The minimum atomic E-state index is -0.383. The van der Waals surface area contributed by atoms with Gasteiger partial charge in [0.25, 0.3) is 5.24 Å². The van der Waals surface area contributed by atoms with Crippen molar-refractivity contribution in [3.8, 4) is 11.5 Å². The number of imide groups is 1. The standard InChI is InChI=1S/C22H22N2O6S/c1-14(17-5-9-19(10-6-17)30-15(2)25)24-29-12-11-28-18-7-3-16(4-8-18)13-20-21(26)23-22(27)31-20/h3-10,20H,11-13H2,1-2H3,(H,23,26,27). The normalized spacial score (nSPS) is 16.1.